The van der Waals surface area contributed by atoms with Crippen LogP contribution in [0, 0.1) is 0 Å². The first-order chi connectivity index (χ1) is 6.93. The zero-order valence-corrected chi connectivity index (χ0v) is 11.2. The van der Waals surface area contributed by atoms with Crippen molar-refractivity contribution in [2.75, 3.05) is 19.6 Å². The minimum Gasteiger partial charge on any atom is -0.317 e. The van der Waals surface area contributed by atoms with Crippen molar-refractivity contribution in [2.24, 2.45) is 0 Å². The van der Waals surface area contributed by atoms with Crippen LogP contribution in [0.2, 0.25) is 0 Å². The van der Waals surface area contributed by atoms with E-state index in [9.17, 15) is 0 Å². The number of pyridine rings is 1. The van der Waals surface area contributed by atoms with E-state index in [1.165, 1.54) is 12.0 Å². The fraction of sp³-hybridized carbons (Fsp3) is 0.545. The van der Waals surface area contributed by atoms with Crippen molar-refractivity contribution in [2.45, 2.75) is 19.9 Å². The molecule has 0 radical (unpaired) electrons. The highest BCUT2D eigenvalue weighted by molar-refractivity contribution is 5.85. The minimum atomic E-state index is 0. The summed E-state index contributed by atoms with van der Waals surface area (Å²) in [6.45, 7) is 6.25. The molecular formula is C11H21Cl2N3. The van der Waals surface area contributed by atoms with E-state index in [0.717, 1.165) is 26.2 Å². The van der Waals surface area contributed by atoms with Gasteiger partial charge in [-0.25, -0.2) is 0 Å². The second kappa shape index (κ2) is 12.7. The monoisotopic (exact) mass is 265 g/mol. The number of hydrogen-bond acceptors (Lipinski definition) is 3. The number of aromatic nitrogens is 1. The Kier molecular flexibility index (Phi) is 14.3. The van der Waals surface area contributed by atoms with Crippen LogP contribution in [-0.4, -0.2) is 24.6 Å². The summed E-state index contributed by atoms with van der Waals surface area (Å²) in [6.07, 6.45) is 4.88. The summed E-state index contributed by atoms with van der Waals surface area (Å²) in [5, 5.41) is 6.68. The maximum Gasteiger partial charge on any atom is 0.0312 e. The fourth-order valence-corrected chi connectivity index (χ4v) is 1.25. The molecule has 16 heavy (non-hydrogen) atoms. The third-order valence-electron chi connectivity index (χ3n) is 2.01. The lowest BCUT2D eigenvalue weighted by atomic mass is 10.3. The van der Waals surface area contributed by atoms with Crippen LogP contribution < -0.4 is 10.6 Å². The second-order valence-electron chi connectivity index (χ2n) is 3.25. The highest BCUT2D eigenvalue weighted by atomic mass is 35.5. The topological polar surface area (TPSA) is 37.0 Å². The van der Waals surface area contributed by atoms with Gasteiger partial charge in [0.2, 0.25) is 0 Å². The molecular weight excluding hydrogens is 245 g/mol. The van der Waals surface area contributed by atoms with Crippen molar-refractivity contribution >= 4 is 24.8 Å². The van der Waals surface area contributed by atoms with Crippen LogP contribution in [0.15, 0.2) is 24.5 Å². The third kappa shape index (κ3) is 8.92. The van der Waals surface area contributed by atoms with Gasteiger partial charge < -0.3 is 10.6 Å². The van der Waals surface area contributed by atoms with Gasteiger partial charge in [0.25, 0.3) is 0 Å². The molecule has 1 aromatic rings. The Morgan fingerprint density at radius 1 is 1.19 bits per heavy atom. The average Bonchev–Trinajstić information content (AvgIpc) is 2.25. The van der Waals surface area contributed by atoms with Crippen LogP contribution in [0.5, 0.6) is 0 Å². The highest BCUT2D eigenvalue weighted by Crippen LogP contribution is 1.93. The summed E-state index contributed by atoms with van der Waals surface area (Å²) in [7, 11) is 0. The van der Waals surface area contributed by atoms with Crippen molar-refractivity contribution < 1.29 is 0 Å². The molecule has 0 aromatic carbocycles. The van der Waals surface area contributed by atoms with E-state index in [4.69, 9.17) is 0 Å². The Morgan fingerprint density at radius 2 is 1.94 bits per heavy atom. The SMILES string of the molecule is CCNCCCNCc1cccnc1.Cl.Cl. The molecule has 0 unspecified atom stereocenters. The number of hydrogen-bond donors (Lipinski definition) is 2. The molecule has 5 heteroatoms. The van der Waals surface area contributed by atoms with Crippen molar-refractivity contribution in [1.29, 1.82) is 0 Å². The van der Waals surface area contributed by atoms with Crippen LogP contribution in [0.25, 0.3) is 0 Å². The molecule has 0 aliphatic carbocycles. The molecule has 94 valence electrons. The molecule has 0 spiro atoms. The normalized spacial score (nSPS) is 9.06. The number of nitrogens with one attached hydrogen (secondary N) is 2. The van der Waals surface area contributed by atoms with Gasteiger partial charge in [-0.2, -0.15) is 0 Å². The van der Waals surface area contributed by atoms with E-state index >= 15 is 0 Å². The van der Waals surface area contributed by atoms with Crippen LogP contribution in [0.1, 0.15) is 18.9 Å². The Morgan fingerprint density at radius 3 is 2.56 bits per heavy atom. The van der Waals surface area contributed by atoms with Gasteiger partial charge in [-0.15, -0.1) is 24.8 Å². The first-order valence-corrected chi connectivity index (χ1v) is 5.24. The maximum absolute atomic E-state index is 4.06. The molecule has 0 saturated carbocycles. The smallest absolute Gasteiger partial charge is 0.0312 e. The average molecular weight is 266 g/mol. The molecule has 3 nitrogen and oxygen atoms in total. The first-order valence-electron chi connectivity index (χ1n) is 5.24. The Bertz CT molecular complexity index is 232. The van der Waals surface area contributed by atoms with E-state index in [2.05, 4.69) is 28.6 Å². The van der Waals surface area contributed by atoms with Crippen molar-refractivity contribution in [3.05, 3.63) is 30.1 Å². The maximum atomic E-state index is 4.06. The van der Waals surface area contributed by atoms with Gasteiger partial charge in [-0.05, 0) is 37.7 Å². The highest BCUT2D eigenvalue weighted by Gasteiger charge is 1.90. The summed E-state index contributed by atoms with van der Waals surface area (Å²) >= 11 is 0. The third-order valence-corrected chi connectivity index (χ3v) is 2.01. The van der Waals surface area contributed by atoms with Gasteiger partial charge in [0, 0.05) is 18.9 Å². The zero-order valence-electron chi connectivity index (χ0n) is 9.61. The fourth-order valence-electron chi connectivity index (χ4n) is 1.25. The van der Waals surface area contributed by atoms with Gasteiger partial charge in [-0.3, -0.25) is 4.98 Å². The minimum absolute atomic E-state index is 0. The summed E-state index contributed by atoms with van der Waals surface area (Å²) in [4.78, 5) is 4.06. The van der Waals surface area contributed by atoms with Gasteiger partial charge in [-0.1, -0.05) is 13.0 Å². The molecule has 1 heterocycles. The molecule has 0 atom stereocenters. The lowest BCUT2D eigenvalue weighted by Gasteiger charge is -2.04. The van der Waals surface area contributed by atoms with E-state index in [-0.39, 0.29) is 24.8 Å². The molecule has 0 aliphatic heterocycles. The Balaban J connectivity index is 0. The van der Waals surface area contributed by atoms with Crippen molar-refractivity contribution in [1.82, 2.24) is 15.6 Å². The quantitative estimate of drug-likeness (QED) is 0.741. The van der Waals surface area contributed by atoms with Crippen LogP contribution >= 0.6 is 24.8 Å². The first kappa shape index (κ1) is 18.0. The number of halogens is 2. The lowest BCUT2D eigenvalue weighted by molar-refractivity contribution is 0.605. The van der Waals surface area contributed by atoms with Crippen LogP contribution in [0.3, 0.4) is 0 Å². The molecule has 1 rings (SSSR count). The van der Waals surface area contributed by atoms with Crippen LogP contribution in [-0.2, 0) is 6.54 Å². The molecule has 0 bridgehead atoms. The summed E-state index contributed by atoms with van der Waals surface area (Å²) in [6, 6.07) is 4.06. The van der Waals surface area contributed by atoms with Gasteiger partial charge in [0.1, 0.15) is 0 Å². The number of rotatable bonds is 7. The summed E-state index contributed by atoms with van der Waals surface area (Å²) in [5.74, 6) is 0. The van der Waals surface area contributed by atoms with Gasteiger partial charge in [0.05, 0.1) is 0 Å². The summed E-state index contributed by atoms with van der Waals surface area (Å²) < 4.78 is 0. The second-order valence-corrected chi connectivity index (χ2v) is 3.25. The predicted molar refractivity (Wildman–Crippen MR) is 73.6 cm³/mol. The zero-order chi connectivity index (χ0) is 10.1. The molecule has 0 aliphatic rings. The van der Waals surface area contributed by atoms with Gasteiger partial charge >= 0.3 is 0 Å². The molecule has 0 saturated heterocycles. The van der Waals surface area contributed by atoms with Crippen molar-refractivity contribution in [3.63, 3.8) is 0 Å². The Hall–Kier alpha value is -0.350. The van der Waals surface area contributed by atoms with E-state index < -0.39 is 0 Å². The summed E-state index contributed by atoms with van der Waals surface area (Å²) in [5.41, 5.74) is 1.25. The van der Waals surface area contributed by atoms with E-state index in [0.29, 0.717) is 0 Å². The Labute approximate surface area is 110 Å². The molecule has 0 fully saturated rings. The lowest BCUT2D eigenvalue weighted by Crippen LogP contribution is -2.21. The largest absolute Gasteiger partial charge is 0.317 e. The standard InChI is InChI=1S/C11H19N3.2ClH/c1-2-12-7-4-8-14-10-11-5-3-6-13-9-11;;/h3,5-6,9,12,14H,2,4,7-8,10H2,1H3;2*1H. The molecule has 0 amide bonds. The molecule has 2 N–H and O–H groups in total. The van der Waals surface area contributed by atoms with Crippen molar-refractivity contribution in [3.8, 4) is 0 Å². The van der Waals surface area contributed by atoms with Gasteiger partial charge in [0.15, 0.2) is 0 Å². The van der Waals surface area contributed by atoms with E-state index in [1.54, 1.807) is 6.20 Å². The van der Waals surface area contributed by atoms with Crippen LogP contribution in [0.4, 0.5) is 0 Å². The predicted octanol–water partition coefficient (Wildman–Crippen LogP) is 2.01. The number of nitrogens with zero attached hydrogens (tertiary/aromatic N) is 1. The molecule has 1 aromatic heterocycles. The van der Waals surface area contributed by atoms with E-state index in [1.807, 2.05) is 12.3 Å².